The summed E-state index contributed by atoms with van der Waals surface area (Å²) in [6.45, 7) is 4.17. The lowest BCUT2D eigenvalue weighted by Gasteiger charge is -2.12. The molecule has 27 heavy (non-hydrogen) atoms. The van der Waals surface area contributed by atoms with Gasteiger partial charge in [-0.15, -0.1) is 24.0 Å². The van der Waals surface area contributed by atoms with Crippen LogP contribution in [0.4, 0.5) is 0 Å². The molecule has 0 aliphatic rings. The number of ether oxygens (including phenoxy) is 3. The summed E-state index contributed by atoms with van der Waals surface area (Å²) in [5, 5.41) is 6.54. The minimum absolute atomic E-state index is 0. The van der Waals surface area contributed by atoms with Gasteiger partial charge < -0.3 is 24.8 Å². The SMILES string of the molecule is CCNC(=NCc1ccc(OC)c(OC)c1)NCCCCCC(=O)OC.I. The zero-order valence-electron chi connectivity index (χ0n) is 16.7. The fourth-order valence-corrected chi connectivity index (χ4v) is 2.37. The van der Waals surface area contributed by atoms with Crippen LogP contribution in [0.3, 0.4) is 0 Å². The Morgan fingerprint density at radius 3 is 2.41 bits per heavy atom. The van der Waals surface area contributed by atoms with Crippen LogP contribution in [0.1, 0.15) is 38.2 Å². The van der Waals surface area contributed by atoms with Crippen molar-refractivity contribution in [2.75, 3.05) is 34.4 Å². The van der Waals surface area contributed by atoms with Gasteiger partial charge in [0, 0.05) is 19.5 Å². The fourth-order valence-electron chi connectivity index (χ4n) is 2.37. The molecule has 8 heteroatoms. The third-order valence-corrected chi connectivity index (χ3v) is 3.79. The molecule has 0 bridgehead atoms. The molecule has 0 aromatic heterocycles. The normalized spacial score (nSPS) is 10.6. The maximum atomic E-state index is 11.1. The molecule has 1 rings (SSSR count). The zero-order chi connectivity index (χ0) is 19.2. The van der Waals surface area contributed by atoms with Crippen molar-refractivity contribution < 1.29 is 19.0 Å². The van der Waals surface area contributed by atoms with Gasteiger partial charge in [0.05, 0.1) is 27.9 Å². The van der Waals surface area contributed by atoms with E-state index < -0.39 is 0 Å². The fraction of sp³-hybridized carbons (Fsp3) is 0.579. The molecule has 0 aliphatic heterocycles. The summed E-state index contributed by atoms with van der Waals surface area (Å²) in [6.07, 6.45) is 3.26. The molecule has 2 N–H and O–H groups in total. The molecule has 154 valence electrons. The predicted molar refractivity (Wildman–Crippen MR) is 118 cm³/mol. The largest absolute Gasteiger partial charge is 0.493 e. The topological polar surface area (TPSA) is 81.2 Å². The summed E-state index contributed by atoms with van der Waals surface area (Å²) in [5.74, 6) is 2.03. The van der Waals surface area contributed by atoms with E-state index in [4.69, 9.17) is 9.47 Å². The van der Waals surface area contributed by atoms with Gasteiger partial charge in [-0.1, -0.05) is 12.5 Å². The van der Waals surface area contributed by atoms with Crippen molar-refractivity contribution in [3.63, 3.8) is 0 Å². The number of aliphatic imine (C=N–C) groups is 1. The van der Waals surface area contributed by atoms with E-state index >= 15 is 0 Å². The summed E-state index contributed by atoms with van der Waals surface area (Å²) in [6, 6.07) is 5.78. The number of rotatable bonds is 11. The summed E-state index contributed by atoms with van der Waals surface area (Å²) >= 11 is 0. The molecular formula is C19H32IN3O4. The molecule has 0 fully saturated rings. The average Bonchev–Trinajstić information content (AvgIpc) is 2.67. The zero-order valence-corrected chi connectivity index (χ0v) is 19.0. The monoisotopic (exact) mass is 493 g/mol. The van der Waals surface area contributed by atoms with Crippen molar-refractivity contribution in [2.24, 2.45) is 4.99 Å². The first-order chi connectivity index (χ1) is 12.6. The molecule has 0 saturated carbocycles. The lowest BCUT2D eigenvalue weighted by Crippen LogP contribution is -2.37. The maximum absolute atomic E-state index is 11.1. The van der Waals surface area contributed by atoms with Crippen molar-refractivity contribution in [1.29, 1.82) is 0 Å². The van der Waals surface area contributed by atoms with Crippen molar-refractivity contribution >= 4 is 35.9 Å². The Bertz CT molecular complexity index is 582. The third kappa shape index (κ3) is 10.3. The van der Waals surface area contributed by atoms with Gasteiger partial charge in [0.1, 0.15) is 0 Å². The highest BCUT2D eigenvalue weighted by Crippen LogP contribution is 2.27. The summed E-state index contributed by atoms with van der Waals surface area (Å²) < 4.78 is 15.2. The quantitative estimate of drug-likeness (QED) is 0.162. The number of hydrogen-bond acceptors (Lipinski definition) is 5. The number of nitrogens with zero attached hydrogens (tertiary/aromatic N) is 1. The summed E-state index contributed by atoms with van der Waals surface area (Å²) in [4.78, 5) is 15.7. The van der Waals surface area contributed by atoms with Gasteiger partial charge in [0.2, 0.25) is 0 Å². The van der Waals surface area contributed by atoms with E-state index in [9.17, 15) is 4.79 Å². The van der Waals surface area contributed by atoms with Gasteiger partial charge in [0.25, 0.3) is 0 Å². The summed E-state index contributed by atoms with van der Waals surface area (Å²) in [5.41, 5.74) is 1.04. The van der Waals surface area contributed by atoms with Crippen LogP contribution in [0.25, 0.3) is 0 Å². The second kappa shape index (κ2) is 15.4. The number of hydrogen-bond donors (Lipinski definition) is 2. The van der Waals surface area contributed by atoms with E-state index in [2.05, 4.69) is 20.4 Å². The molecule has 7 nitrogen and oxygen atoms in total. The van der Waals surface area contributed by atoms with Crippen molar-refractivity contribution in [1.82, 2.24) is 10.6 Å². The molecule has 0 spiro atoms. The standard InChI is InChI=1S/C19H31N3O4.HI/c1-5-20-19(21-12-8-6-7-9-18(23)26-4)22-14-15-10-11-16(24-2)17(13-15)25-3;/h10-11,13H,5-9,12,14H2,1-4H3,(H2,20,21,22);1H. The van der Waals surface area contributed by atoms with Crippen LogP contribution in [0.5, 0.6) is 11.5 Å². The number of halogens is 1. The van der Waals surface area contributed by atoms with Gasteiger partial charge in [0.15, 0.2) is 17.5 Å². The Kier molecular flexibility index (Phi) is 14.4. The predicted octanol–water partition coefficient (Wildman–Crippen LogP) is 3.11. The molecule has 0 heterocycles. The van der Waals surface area contributed by atoms with Crippen molar-refractivity contribution in [3.8, 4) is 11.5 Å². The highest BCUT2D eigenvalue weighted by molar-refractivity contribution is 14.0. The van der Waals surface area contributed by atoms with Crippen LogP contribution in [0, 0.1) is 0 Å². The van der Waals surface area contributed by atoms with E-state index in [0.717, 1.165) is 43.9 Å². The highest BCUT2D eigenvalue weighted by atomic mass is 127. The van der Waals surface area contributed by atoms with Crippen molar-refractivity contribution in [2.45, 2.75) is 39.2 Å². The Morgan fingerprint density at radius 2 is 1.78 bits per heavy atom. The molecular weight excluding hydrogens is 461 g/mol. The van der Waals surface area contributed by atoms with E-state index in [-0.39, 0.29) is 29.9 Å². The second-order valence-electron chi connectivity index (χ2n) is 5.70. The first-order valence-corrected chi connectivity index (χ1v) is 8.94. The molecule has 1 aromatic carbocycles. The molecule has 0 saturated heterocycles. The van der Waals surface area contributed by atoms with Gasteiger partial charge in [-0.3, -0.25) is 4.79 Å². The Labute approximate surface area is 179 Å². The van der Waals surface area contributed by atoms with E-state index in [1.807, 2.05) is 25.1 Å². The second-order valence-corrected chi connectivity index (χ2v) is 5.70. The molecule has 0 radical (unpaired) electrons. The molecule has 0 atom stereocenters. The summed E-state index contributed by atoms with van der Waals surface area (Å²) in [7, 11) is 4.66. The molecule has 0 aliphatic carbocycles. The Hall–Kier alpha value is -1.71. The average molecular weight is 493 g/mol. The number of carbonyl (C=O) groups is 1. The molecule has 0 unspecified atom stereocenters. The first-order valence-electron chi connectivity index (χ1n) is 8.94. The highest BCUT2D eigenvalue weighted by Gasteiger charge is 2.05. The van der Waals surface area contributed by atoms with Crippen LogP contribution < -0.4 is 20.1 Å². The van der Waals surface area contributed by atoms with Gasteiger partial charge in [-0.2, -0.15) is 0 Å². The van der Waals surface area contributed by atoms with Crippen LogP contribution >= 0.6 is 24.0 Å². The van der Waals surface area contributed by atoms with Crippen LogP contribution in [0.2, 0.25) is 0 Å². The number of carbonyl (C=O) groups excluding carboxylic acids is 1. The number of nitrogens with one attached hydrogen (secondary N) is 2. The van der Waals surface area contributed by atoms with Crippen LogP contribution in [-0.4, -0.2) is 46.3 Å². The number of unbranched alkanes of at least 4 members (excludes halogenated alkanes) is 2. The first kappa shape index (κ1) is 25.3. The maximum Gasteiger partial charge on any atom is 0.305 e. The minimum atomic E-state index is -0.150. The van der Waals surface area contributed by atoms with E-state index in [1.165, 1.54) is 7.11 Å². The van der Waals surface area contributed by atoms with Gasteiger partial charge in [-0.25, -0.2) is 4.99 Å². The number of guanidine groups is 1. The number of benzene rings is 1. The minimum Gasteiger partial charge on any atom is -0.493 e. The lowest BCUT2D eigenvalue weighted by atomic mass is 10.2. The van der Waals surface area contributed by atoms with Crippen LogP contribution in [0.15, 0.2) is 23.2 Å². The number of esters is 1. The molecule has 1 aromatic rings. The molecule has 0 amide bonds. The Morgan fingerprint density at radius 1 is 1.04 bits per heavy atom. The van der Waals surface area contributed by atoms with Gasteiger partial charge >= 0.3 is 5.97 Å². The lowest BCUT2D eigenvalue weighted by molar-refractivity contribution is -0.140. The van der Waals surface area contributed by atoms with E-state index in [1.54, 1.807) is 14.2 Å². The smallest absolute Gasteiger partial charge is 0.305 e. The van der Waals surface area contributed by atoms with Gasteiger partial charge in [-0.05, 0) is 37.5 Å². The van der Waals surface area contributed by atoms with Crippen LogP contribution in [-0.2, 0) is 16.1 Å². The Balaban J connectivity index is 0.00000676. The van der Waals surface area contributed by atoms with E-state index in [0.29, 0.717) is 24.5 Å². The number of methoxy groups -OCH3 is 3. The van der Waals surface area contributed by atoms with Crippen molar-refractivity contribution in [3.05, 3.63) is 23.8 Å². The third-order valence-electron chi connectivity index (χ3n) is 3.79.